The van der Waals surface area contributed by atoms with Crippen molar-refractivity contribution < 1.29 is 9.53 Å². The van der Waals surface area contributed by atoms with E-state index in [0.717, 1.165) is 12.8 Å². The number of hydrogen-bond acceptors (Lipinski definition) is 6. The summed E-state index contributed by atoms with van der Waals surface area (Å²) >= 11 is 1.33. The number of thiazole rings is 1. The second-order valence-electron chi connectivity index (χ2n) is 7.21. The molecule has 2 aromatic carbocycles. The lowest BCUT2D eigenvalue weighted by Gasteiger charge is -2.10. The Morgan fingerprint density at radius 3 is 2.69 bits per heavy atom. The number of fused-ring (bicyclic) bond motifs is 1. The van der Waals surface area contributed by atoms with Crippen molar-refractivity contribution >= 4 is 34.0 Å². The first kappa shape index (κ1) is 21.7. The lowest BCUT2D eigenvalue weighted by molar-refractivity contribution is -0.116. The minimum atomic E-state index is -0.175. The van der Waals surface area contributed by atoms with Gasteiger partial charge in [-0.05, 0) is 37.5 Å². The summed E-state index contributed by atoms with van der Waals surface area (Å²) in [5.74, 6) is 0.951. The molecule has 8 heteroatoms. The van der Waals surface area contributed by atoms with E-state index < -0.39 is 0 Å². The molecule has 1 N–H and O–H groups in total. The van der Waals surface area contributed by atoms with Gasteiger partial charge in [0.2, 0.25) is 10.9 Å². The number of rotatable bonds is 9. The number of carbonyl (C=O) groups excluding carboxylic acids is 1. The van der Waals surface area contributed by atoms with E-state index in [1.54, 1.807) is 6.07 Å². The highest BCUT2D eigenvalue weighted by Crippen LogP contribution is 2.23. The maximum Gasteiger partial charge on any atom is 0.275 e. The normalized spacial score (nSPS) is 11.7. The summed E-state index contributed by atoms with van der Waals surface area (Å²) in [6, 6.07) is 17.5. The Hall–Kier alpha value is -3.52. The molecule has 0 spiro atoms. The molecule has 32 heavy (non-hydrogen) atoms. The van der Waals surface area contributed by atoms with Crippen LogP contribution in [0.3, 0.4) is 0 Å². The Balaban J connectivity index is 1.42. The molecule has 7 nitrogen and oxygen atoms in total. The molecule has 0 unspecified atom stereocenters. The predicted molar refractivity (Wildman–Crippen MR) is 126 cm³/mol. The average Bonchev–Trinajstić information content (AvgIpc) is 3.34. The van der Waals surface area contributed by atoms with Crippen LogP contribution in [0.2, 0.25) is 0 Å². The molecule has 0 bridgehead atoms. The summed E-state index contributed by atoms with van der Waals surface area (Å²) in [4.78, 5) is 25.9. The molecule has 1 amide bonds. The van der Waals surface area contributed by atoms with Crippen LogP contribution in [0.15, 0.2) is 59.4 Å². The average molecular weight is 449 g/mol. The molecular weight excluding hydrogens is 424 g/mol. The first-order valence-corrected chi connectivity index (χ1v) is 11.4. The van der Waals surface area contributed by atoms with Gasteiger partial charge >= 0.3 is 0 Å². The molecule has 0 saturated heterocycles. The fourth-order valence-corrected chi connectivity index (χ4v) is 4.36. The van der Waals surface area contributed by atoms with Gasteiger partial charge in [0.1, 0.15) is 11.6 Å². The SMILES string of the molecule is CCOc1ccccc1NC(=O)CCc1nnc2s/c(=C\CCc3ccccc3)c(=O)n12. The third kappa shape index (κ3) is 5.03. The Labute approximate surface area is 189 Å². The van der Waals surface area contributed by atoms with Crippen LogP contribution in [0.5, 0.6) is 5.75 Å². The van der Waals surface area contributed by atoms with Crippen LogP contribution in [0.25, 0.3) is 11.0 Å². The van der Waals surface area contributed by atoms with Crippen LogP contribution in [0.4, 0.5) is 5.69 Å². The van der Waals surface area contributed by atoms with Gasteiger partial charge in [0.25, 0.3) is 5.56 Å². The number of para-hydroxylation sites is 2. The van der Waals surface area contributed by atoms with Gasteiger partial charge in [0.05, 0.1) is 16.8 Å². The molecule has 0 saturated carbocycles. The lowest BCUT2D eigenvalue weighted by atomic mass is 10.1. The van der Waals surface area contributed by atoms with Crippen LogP contribution in [-0.2, 0) is 17.6 Å². The number of amides is 1. The molecule has 0 aliphatic heterocycles. The van der Waals surface area contributed by atoms with E-state index in [9.17, 15) is 9.59 Å². The van der Waals surface area contributed by atoms with Gasteiger partial charge in [-0.25, -0.2) is 4.40 Å². The van der Waals surface area contributed by atoms with E-state index in [4.69, 9.17) is 4.74 Å². The Morgan fingerprint density at radius 2 is 1.88 bits per heavy atom. The maximum absolute atomic E-state index is 12.9. The highest BCUT2D eigenvalue weighted by Gasteiger charge is 2.14. The van der Waals surface area contributed by atoms with Gasteiger partial charge in [0.15, 0.2) is 0 Å². The van der Waals surface area contributed by atoms with Crippen molar-refractivity contribution in [2.24, 2.45) is 0 Å². The van der Waals surface area contributed by atoms with Crippen LogP contribution >= 0.6 is 11.3 Å². The summed E-state index contributed by atoms with van der Waals surface area (Å²) in [5, 5.41) is 11.1. The molecular formula is C24H24N4O3S. The van der Waals surface area contributed by atoms with Crippen molar-refractivity contribution in [1.29, 1.82) is 0 Å². The number of nitrogens with zero attached hydrogens (tertiary/aromatic N) is 3. The predicted octanol–water partition coefficient (Wildman–Crippen LogP) is 3.25. The molecule has 4 rings (SSSR count). The van der Waals surface area contributed by atoms with Crippen molar-refractivity contribution in [1.82, 2.24) is 14.6 Å². The smallest absolute Gasteiger partial charge is 0.275 e. The summed E-state index contributed by atoms with van der Waals surface area (Å²) in [5.41, 5.74) is 1.73. The zero-order valence-electron chi connectivity index (χ0n) is 17.8. The Kier molecular flexibility index (Phi) is 6.91. The maximum atomic E-state index is 12.9. The number of benzene rings is 2. The van der Waals surface area contributed by atoms with Crippen molar-refractivity contribution in [3.63, 3.8) is 0 Å². The topological polar surface area (TPSA) is 85.6 Å². The van der Waals surface area contributed by atoms with Gasteiger partial charge in [-0.3, -0.25) is 9.59 Å². The number of hydrogen-bond donors (Lipinski definition) is 1. The summed E-state index contributed by atoms with van der Waals surface area (Å²) in [7, 11) is 0. The summed E-state index contributed by atoms with van der Waals surface area (Å²) < 4.78 is 7.71. The number of carbonyl (C=O) groups is 1. The van der Waals surface area contributed by atoms with E-state index in [1.165, 1.54) is 21.3 Å². The zero-order chi connectivity index (χ0) is 22.3. The van der Waals surface area contributed by atoms with E-state index in [-0.39, 0.29) is 17.9 Å². The largest absolute Gasteiger partial charge is 0.492 e. The standard InChI is InChI=1S/C24H24N4O3S/c1-2-31-19-13-7-6-12-18(19)25-22(29)16-15-21-26-27-24-28(21)23(30)20(32-24)14-8-11-17-9-4-3-5-10-17/h3-7,9-10,12-14H,2,8,11,15-16H2,1H3,(H,25,29)/b20-14-. The molecule has 2 heterocycles. The Morgan fingerprint density at radius 1 is 1.09 bits per heavy atom. The van der Waals surface area contributed by atoms with Crippen LogP contribution in [-0.4, -0.2) is 27.1 Å². The number of aryl methyl sites for hydroxylation is 2. The van der Waals surface area contributed by atoms with Gasteiger partial charge < -0.3 is 10.1 Å². The van der Waals surface area contributed by atoms with Gasteiger partial charge in [-0.2, -0.15) is 0 Å². The molecule has 0 atom stereocenters. The molecule has 164 valence electrons. The third-order valence-corrected chi connectivity index (χ3v) is 5.97. The lowest BCUT2D eigenvalue weighted by Crippen LogP contribution is -2.24. The van der Waals surface area contributed by atoms with Crippen molar-refractivity contribution in [2.75, 3.05) is 11.9 Å². The third-order valence-electron chi connectivity index (χ3n) is 4.96. The monoisotopic (exact) mass is 448 g/mol. The van der Waals surface area contributed by atoms with E-state index in [2.05, 4.69) is 27.6 Å². The number of aromatic nitrogens is 3. The van der Waals surface area contributed by atoms with Crippen LogP contribution in [0, 0.1) is 0 Å². The van der Waals surface area contributed by atoms with E-state index >= 15 is 0 Å². The van der Waals surface area contributed by atoms with Crippen molar-refractivity contribution in [2.45, 2.75) is 32.6 Å². The highest BCUT2D eigenvalue weighted by atomic mass is 32.1. The van der Waals surface area contributed by atoms with E-state index in [1.807, 2.05) is 49.4 Å². The van der Waals surface area contributed by atoms with Crippen LogP contribution in [0.1, 0.15) is 31.2 Å². The number of ether oxygens (including phenoxy) is 1. The number of anilines is 1. The zero-order valence-corrected chi connectivity index (χ0v) is 18.6. The van der Waals surface area contributed by atoms with Crippen molar-refractivity contribution in [3.8, 4) is 5.75 Å². The fourth-order valence-electron chi connectivity index (χ4n) is 3.42. The Bertz CT molecular complexity index is 1310. The van der Waals surface area contributed by atoms with Gasteiger partial charge in [-0.15, -0.1) is 10.2 Å². The number of nitrogens with one attached hydrogen (secondary N) is 1. The molecule has 4 aromatic rings. The fraction of sp³-hybridized carbons (Fsp3) is 0.250. The van der Waals surface area contributed by atoms with E-state index in [0.29, 0.717) is 39.8 Å². The molecule has 2 aromatic heterocycles. The van der Waals surface area contributed by atoms with Gasteiger partial charge in [-0.1, -0.05) is 59.9 Å². The minimum Gasteiger partial charge on any atom is -0.492 e. The first-order chi connectivity index (χ1) is 15.7. The van der Waals surface area contributed by atoms with Crippen molar-refractivity contribution in [3.05, 3.63) is 80.9 Å². The first-order valence-electron chi connectivity index (χ1n) is 10.6. The summed E-state index contributed by atoms with van der Waals surface area (Å²) in [6.07, 6.45) is 4.10. The molecule has 0 aliphatic carbocycles. The second kappa shape index (κ2) is 10.2. The second-order valence-corrected chi connectivity index (χ2v) is 8.22. The molecule has 0 fully saturated rings. The summed E-state index contributed by atoms with van der Waals surface area (Å²) in [6.45, 7) is 2.41. The quantitative estimate of drug-likeness (QED) is 0.425. The molecule has 0 radical (unpaired) electrons. The van der Waals surface area contributed by atoms with Crippen LogP contribution < -0.4 is 20.1 Å². The van der Waals surface area contributed by atoms with Gasteiger partial charge in [0, 0.05) is 12.8 Å². The molecule has 0 aliphatic rings. The highest BCUT2D eigenvalue weighted by molar-refractivity contribution is 7.15. The minimum absolute atomic E-state index is 0.125.